The molecule has 0 spiro atoms. The number of para-hydroxylation sites is 1. The first-order valence-corrected chi connectivity index (χ1v) is 13.3. The Bertz CT molecular complexity index is 1610. The Morgan fingerprint density at radius 1 is 1.16 bits per heavy atom. The number of benzene rings is 3. The van der Waals surface area contributed by atoms with Gasteiger partial charge >= 0.3 is 5.97 Å². The van der Waals surface area contributed by atoms with Crippen molar-refractivity contribution in [2.75, 3.05) is 13.7 Å². The smallest absolute Gasteiger partial charge is 0.341 e. The van der Waals surface area contributed by atoms with Crippen LogP contribution in [0.3, 0.4) is 0 Å². The number of carboxylic acids is 1. The number of aryl methyl sites for hydroxylation is 1. The molecule has 1 heterocycles. The van der Waals surface area contributed by atoms with E-state index in [1.165, 1.54) is 4.68 Å². The van der Waals surface area contributed by atoms with Crippen LogP contribution in [0.4, 0.5) is 0 Å². The van der Waals surface area contributed by atoms with Crippen LogP contribution in [0.5, 0.6) is 11.5 Å². The molecule has 0 unspecified atom stereocenters. The second-order valence-corrected chi connectivity index (χ2v) is 10.6. The summed E-state index contributed by atoms with van der Waals surface area (Å²) >= 11 is 6.83. The molecule has 0 amide bonds. The van der Waals surface area contributed by atoms with Crippen molar-refractivity contribution >= 4 is 54.9 Å². The third kappa shape index (κ3) is 5.66. The van der Waals surface area contributed by atoms with Crippen LogP contribution in [0.2, 0.25) is 0 Å². The van der Waals surface area contributed by atoms with E-state index < -0.39 is 12.6 Å². The molecule has 0 saturated heterocycles. The highest BCUT2D eigenvalue weighted by Crippen LogP contribution is 2.35. The molecular formula is C28H25Br2N3O5. The minimum atomic E-state index is -1.08. The summed E-state index contributed by atoms with van der Waals surface area (Å²) < 4.78 is 13.3. The van der Waals surface area contributed by atoms with E-state index in [1.54, 1.807) is 43.7 Å². The molecule has 1 N–H and O–H groups in total. The van der Waals surface area contributed by atoms with E-state index in [0.717, 1.165) is 22.4 Å². The molecule has 0 atom stereocenters. The standard InChI is InChI=1S/C28H25Br2N3O5/c1-15(2)19-12-20(16(3)9-24(19)37-4)27-32-23-8-6-5-7-18(23)28(36)33(27)31-13-17-10-21(29)26(22(30)11-17)38-14-25(34)35/h5-13,15H,14H2,1-4H3,(H,34,35). The van der Waals surface area contributed by atoms with Gasteiger partial charge in [-0.05, 0) is 97.8 Å². The van der Waals surface area contributed by atoms with Crippen molar-refractivity contribution in [1.82, 2.24) is 9.66 Å². The van der Waals surface area contributed by atoms with Crippen molar-refractivity contribution in [3.63, 3.8) is 0 Å². The highest BCUT2D eigenvalue weighted by molar-refractivity contribution is 9.11. The monoisotopic (exact) mass is 641 g/mol. The first-order valence-electron chi connectivity index (χ1n) is 11.7. The zero-order valence-corrected chi connectivity index (χ0v) is 24.3. The quantitative estimate of drug-likeness (QED) is 0.224. The van der Waals surface area contributed by atoms with Crippen molar-refractivity contribution in [2.24, 2.45) is 5.10 Å². The maximum absolute atomic E-state index is 13.6. The molecule has 0 fully saturated rings. The van der Waals surface area contributed by atoms with Gasteiger partial charge in [0.25, 0.3) is 5.56 Å². The Morgan fingerprint density at radius 2 is 1.84 bits per heavy atom. The van der Waals surface area contributed by atoms with Crippen LogP contribution in [-0.4, -0.2) is 40.7 Å². The van der Waals surface area contributed by atoms with Crippen LogP contribution in [-0.2, 0) is 4.79 Å². The molecule has 0 aliphatic heterocycles. The highest BCUT2D eigenvalue weighted by atomic mass is 79.9. The number of aliphatic carboxylic acids is 1. The van der Waals surface area contributed by atoms with Gasteiger partial charge in [0.15, 0.2) is 12.4 Å². The number of methoxy groups -OCH3 is 1. The SMILES string of the molecule is COc1cc(C)c(-c2nc3ccccc3c(=O)n2N=Cc2cc(Br)c(OCC(=O)O)c(Br)c2)cc1C(C)C. The first-order chi connectivity index (χ1) is 18.1. The molecule has 10 heteroatoms. The summed E-state index contributed by atoms with van der Waals surface area (Å²) in [6, 6.07) is 14.6. The summed E-state index contributed by atoms with van der Waals surface area (Å²) in [4.78, 5) is 29.4. The van der Waals surface area contributed by atoms with Crippen LogP contribution >= 0.6 is 31.9 Å². The lowest BCUT2D eigenvalue weighted by Crippen LogP contribution is -2.20. The average molecular weight is 643 g/mol. The van der Waals surface area contributed by atoms with Gasteiger partial charge in [-0.3, -0.25) is 4.79 Å². The number of nitrogens with zero attached hydrogens (tertiary/aromatic N) is 3. The zero-order valence-electron chi connectivity index (χ0n) is 21.2. The number of hydrogen-bond donors (Lipinski definition) is 1. The second kappa shape index (κ2) is 11.5. The predicted octanol–water partition coefficient (Wildman–Crippen LogP) is 6.37. The molecule has 0 saturated carbocycles. The number of rotatable bonds is 8. The van der Waals surface area contributed by atoms with Crippen molar-refractivity contribution in [3.8, 4) is 22.9 Å². The fourth-order valence-electron chi connectivity index (χ4n) is 4.02. The molecule has 4 aromatic rings. The number of carbonyl (C=O) groups is 1. The third-order valence-corrected chi connectivity index (χ3v) is 7.05. The predicted molar refractivity (Wildman–Crippen MR) is 155 cm³/mol. The van der Waals surface area contributed by atoms with Crippen molar-refractivity contribution in [3.05, 3.63) is 84.5 Å². The molecule has 0 aliphatic carbocycles. The van der Waals surface area contributed by atoms with Crippen molar-refractivity contribution in [2.45, 2.75) is 26.7 Å². The van der Waals surface area contributed by atoms with E-state index in [2.05, 4.69) is 50.8 Å². The minimum absolute atomic E-state index is 0.185. The van der Waals surface area contributed by atoms with Crippen LogP contribution in [0.25, 0.3) is 22.3 Å². The van der Waals surface area contributed by atoms with E-state index in [4.69, 9.17) is 19.6 Å². The van der Waals surface area contributed by atoms with Gasteiger partial charge in [-0.25, -0.2) is 9.78 Å². The molecule has 8 nitrogen and oxygen atoms in total. The summed E-state index contributed by atoms with van der Waals surface area (Å²) in [6.07, 6.45) is 1.54. The van der Waals surface area contributed by atoms with E-state index >= 15 is 0 Å². The number of halogens is 2. The normalized spacial score (nSPS) is 11.4. The van der Waals surface area contributed by atoms with Crippen molar-refractivity contribution < 1.29 is 19.4 Å². The Hall–Kier alpha value is -3.50. The number of aromatic nitrogens is 2. The van der Waals surface area contributed by atoms with E-state index in [1.807, 2.05) is 25.1 Å². The van der Waals surface area contributed by atoms with Gasteiger partial charge in [0.05, 0.1) is 33.2 Å². The van der Waals surface area contributed by atoms with Gasteiger partial charge in [-0.15, -0.1) is 0 Å². The molecule has 1 aromatic heterocycles. The van der Waals surface area contributed by atoms with Gasteiger partial charge in [-0.2, -0.15) is 9.78 Å². The molecule has 0 radical (unpaired) electrons. The van der Waals surface area contributed by atoms with E-state index in [-0.39, 0.29) is 11.5 Å². The number of carboxylic acid groups (broad SMARTS) is 1. The van der Waals surface area contributed by atoms with Crippen LogP contribution in [0, 0.1) is 6.92 Å². The molecule has 4 rings (SSSR count). The Morgan fingerprint density at radius 3 is 2.47 bits per heavy atom. The van der Waals surface area contributed by atoms with Crippen LogP contribution < -0.4 is 15.0 Å². The zero-order chi connectivity index (χ0) is 27.6. The summed E-state index contributed by atoms with van der Waals surface area (Å²) in [5.41, 5.74) is 3.58. The number of hydrogen-bond acceptors (Lipinski definition) is 6. The van der Waals surface area contributed by atoms with Gasteiger partial charge < -0.3 is 14.6 Å². The summed E-state index contributed by atoms with van der Waals surface area (Å²) in [5, 5.41) is 13.9. The van der Waals surface area contributed by atoms with Crippen LogP contribution in [0.15, 0.2) is 67.4 Å². The average Bonchev–Trinajstić information content (AvgIpc) is 2.87. The molecule has 0 aliphatic rings. The number of fused-ring (bicyclic) bond motifs is 1. The topological polar surface area (TPSA) is 103 Å². The largest absolute Gasteiger partial charge is 0.496 e. The van der Waals surface area contributed by atoms with E-state index in [0.29, 0.717) is 37.0 Å². The Kier molecular flexibility index (Phi) is 8.32. The summed E-state index contributed by atoms with van der Waals surface area (Å²) in [6.45, 7) is 5.62. The summed E-state index contributed by atoms with van der Waals surface area (Å²) in [5.74, 6) is 0.639. The van der Waals surface area contributed by atoms with Gasteiger partial charge in [0.2, 0.25) is 0 Å². The Balaban J connectivity index is 1.89. The maximum atomic E-state index is 13.6. The maximum Gasteiger partial charge on any atom is 0.341 e. The lowest BCUT2D eigenvalue weighted by Gasteiger charge is -2.17. The van der Waals surface area contributed by atoms with Gasteiger partial charge in [0, 0.05) is 5.56 Å². The molecular weight excluding hydrogens is 618 g/mol. The fraction of sp³-hybridized carbons (Fsp3) is 0.214. The van der Waals surface area contributed by atoms with Crippen molar-refractivity contribution in [1.29, 1.82) is 0 Å². The number of ether oxygens (including phenoxy) is 2. The highest BCUT2D eigenvalue weighted by Gasteiger charge is 2.18. The molecule has 3 aromatic carbocycles. The molecule has 38 heavy (non-hydrogen) atoms. The summed E-state index contributed by atoms with van der Waals surface area (Å²) in [7, 11) is 1.64. The van der Waals surface area contributed by atoms with E-state index in [9.17, 15) is 9.59 Å². The van der Waals surface area contributed by atoms with Gasteiger partial charge in [-0.1, -0.05) is 26.0 Å². The molecule has 196 valence electrons. The Labute approximate surface area is 236 Å². The minimum Gasteiger partial charge on any atom is -0.496 e. The van der Waals surface area contributed by atoms with Crippen LogP contribution in [0.1, 0.15) is 36.5 Å². The van der Waals surface area contributed by atoms with Gasteiger partial charge in [0.1, 0.15) is 11.5 Å². The fourth-order valence-corrected chi connectivity index (χ4v) is 5.47. The second-order valence-electron chi connectivity index (χ2n) is 8.87. The lowest BCUT2D eigenvalue weighted by molar-refractivity contribution is -0.139. The molecule has 0 bridgehead atoms. The lowest BCUT2D eigenvalue weighted by atomic mass is 9.96. The first kappa shape index (κ1) is 27.5. The third-order valence-electron chi connectivity index (χ3n) is 5.88.